The molecule has 0 amide bonds. The molecule has 1 aromatic carbocycles. The summed E-state index contributed by atoms with van der Waals surface area (Å²) in [5.74, 6) is -0.263. The Morgan fingerprint density at radius 1 is 1.09 bits per heavy atom. The second kappa shape index (κ2) is 5.72. The molecule has 2 aliphatic carbocycles. The zero-order chi connectivity index (χ0) is 15.8. The maximum absolute atomic E-state index is 12.7. The number of morpholine rings is 1. The van der Waals surface area contributed by atoms with E-state index in [2.05, 4.69) is 0 Å². The van der Waals surface area contributed by atoms with Crippen molar-refractivity contribution < 1.29 is 14.3 Å². The van der Waals surface area contributed by atoms with Gasteiger partial charge in [0.15, 0.2) is 11.6 Å². The number of carbonyl (C=O) groups excluding carboxylic acids is 2. The monoisotopic (exact) mass is 307 g/mol. The Labute approximate surface area is 134 Å². The molecule has 0 N–H and O–H groups in total. The molecule has 0 atom stereocenters. The zero-order valence-corrected chi connectivity index (χ0v) is 12.7. The molecule has 1 fully saturated rings. The highest BCUT2D eigenvalue weighted by molar-refractivity contribution is 6.35. The van der Waals surface area contributed by atoms with E-state index in [1.807, 2.05) is 41.3 Å². The standard InChI is InChI=1S/C19H17NO3/c21-18(12-20-7-9-23-10-8-20)16-6-5-15-14-4-2-1-3-13(14)11-17(15)19(16)22/h1-6,11H,7-10,12H2. The molecule has 1 heterocycles. The van der Waals surface area contributed by atoms with Gasteiger partial charge in [-0.2, -0.15) is 0 Å². The Morgan fingerprint density at radius 2 is 1.87 bits per heavy atom. The molecule has 1 saturated heterocycles. The highest BCUT2D eigenvalue weighted by atomic mass is 16.5. The number of ether oxygens (including phenoxy) is 1. The van der Waals surface area contributed by atoms with E-state index in [4.69, 9.17) is 4.74 Å². The fourth-order valence-electron chi connectivity index (χ4n) is 3.27. The molecule has 3 aliphatic rings. The smallest absolute Gasteiger partial charge is 0.197 e. The summed E-state index contributed by atoms with van der Waals surface area (Å²) in [5.41, 5.74) is 3.95. The first-order valence-corrected chi connectivity index (χ1v) is 7.85. The van der Waals surface area contributed by atoms with Gasteiger partial charge in [-0.3, -0.25) is 14.5 Å². The molecule has 4 nitrogen and oxygen atoms in total. The maximum atomic E-state index is 12.7. The summed E-state index contributed by atoms with van der Waals surface area (Å²) in [4.78, 5) is 27.3. The van der Waals surface area contributed by atoms with Crippen molar-refractivity contribution in [2.45, 2.75) is 0 Å². The van der Waals surface area contributed by atoms with Crippen LogP contribution in [-0.2, 0) is 14.3 Å². The van der Waals surface area contributed by atoms with Gasteiger partial charge in [-0.25, -0.2) is 0 Å². The largest absolute Gasteiger partial charge is 0.379 e. The van der Waals surface area contributed by atoms with E-state index in [0.717, 1.165) is 29.8 Å². The number of hydrogen-bond donors (Lipinski definition) is 0. The lowest BCUT2D eigenvalue weighted by molar-refractivity contribution is -0.121. The summed E-state index contributed by atoms with van der Waals surface area (Å²) in [6.07, 6.45) is 5.46. The predicted molar refractivity (Wildman–Crippen MR) is 87.8 cm³/mol. The Balaban J connectivity index is 1.58. The fraction of sp³-hybridized carbons (Fsp3) is 0.263. The summed E-state index contributed by atoms with van der Waals surface area (Å²) in [5, 5.41) is 0. The third-order valence-corrected chi connectivity index (χ3v) is 4.52. The number of ketones is 2. The van der Waals surface area contributed by atoms with E-state index in [0.29, 0.717) is 24.4 Å². The number of rotatable bonds is 3. The third-order valence-electron chi connectivity index (χ3n) is 4.52. The van der Waals surface area contributed by atoms with Crippen LogP contribution in [0.25, 0.3) is 11.6 Å². The quantitative estimate of drug-likeness (QED) is 0.800. The summed E-state index contributed by atoms with van der Waals surface area (Å²) in [6.45, 7) is 3.05. The van der Waals surface area contributed by atoms with Crippen LogP contribution in [0.4, 0.5) is 0 Å². The van der Waals surface area contributed by atoms with Crippen LogP contribution in [-0.4, -0.2) is 49.3 Å². The van der Waals surface area contributed by atoms with Gasteiger partial charge in [-0.05, 0) is 28.9 Å². The zero-order valence-electron chi connectivity index (χ0n) is 12.7. The minimum Gasteiger partial charge on any atom is -0.379 e. The van der Waals surface area contributed by atoms with Crippen molar-refractivity contribution in [3.8, 4) is 0 Å². The Morgan fingerprint density at radius 3 is 2.70 bits per heavy atom. The summed E-state index contributed by atoms with van der Waals surface area (Å²) >= 11 is 0. The minimum atomic E-state index is -0.156. The highest BCUT2D eigenvalue weighted by Crippen LogP contribution is 2.39. The van der Waals surface area contributed by atoms with Crippen molar-refractivity contribution in [2.24, 2.45) is 0 Å². The van der Waals surface area contributed by atoms with Crippen molar-refractivity contribution in [1.29, 1.82) is 0 Å². The average Bonchev–Trinajstić information content (AvgIpc) is 2.96. The van der Waals surface area contributed by atoms with E-state index in [9.17, 15) is 9.59 Å². The van der Waals surface area contributed by atoms with Gasteiger partial charge >= 0.3 is 0 Å². The van der Waals surface area contributed by atoms with Crippen LogP contribution in [0.5, 0.6) is 0 Å². The van der Waals surface area contributed by atoms with Crippen molar-refractivity contribution in [2.75, 3.05) is 32.8 Å². The Kier molecular flexibility index (Phi) is 3.56. The summed E-state index contributed by atoms with van der Waals surface area (Å²) < 4.78 is 5.29. The number of carbonyl (C=O) groups is 2. The first kappa shape index (κ1) is 14.3. The number of fused-ring (bicyclic) bond motifs is 3. The molecule has 0 aromatic heterocycles. The van der Waals surface area contributed by atoms with Crippen LogP contribution >= 0.6 is 0 Å². The van der Waals surface area contributed by atoms with E-state index in [1.54, 1.807) is 6.08 Å². The molecular formula is C19H17NO3. The normalized spacial score (nSPS) is 20.3. The molecule has 0 radical (unpaired) electrons. The van der Waals surface area contributed by atoms with E-state index in [1.165, 1.54) is 0 Å². The molecule has 116 valence electrons. The molecule has 4 rings (SSSR count). The molecule has 1 aliphatic heterocycles. The Hall–Kier alpha value is -2.30. The van der Waals surface area contributed by atoms with Gasteiger partial charge in [0.2, 0.25) is 0 Å². The second-order valence-corrected chi connectivity index (χ2v) is 5.95. The average molecular weight is 307 g/mol. The molecule has 0 saturated carbocycles. The van der Waals surface area contributed by atoms with Crippen LogP contribution in [0, 0.1) is 0 Å². The van der Waals surface area contributed by atoms with Gasteiger partial charge in [0, 0.05) is 18.7 Å². The van der Waals surface area contributed by atoms with E-state index < -0.39 is 0 Å². The van der Waals surface area contributed by atoms with Crippen LogP contribution in [0.1, 0.15) is 11.1 Å². The predicted octanol–water partition coefficient (Wildman–Crippen LogP) is 1.88. The third kappa shape index (κ3) is 2.50. The van der Waals surface area contributed by atoms with Gasteiger partial charge in [-0.15, -0.1) is 0 Å². The lowest BCUT2D eigenvalue weighted by Crippen LogP contribution is -2.40. The van der Waals surface area contributed by atoms with Gasteiger partial charge in [0.05, 0.1) is 25.3 Å². The first-order chi connectivity index (χ1) is 11.2. The number of hydrogen-bond acceptors (Lipinski definition) is 4. The number of Topliss-reactive ketones (excluding diaryl/α,β-unsaturated/α-hetero) is 2. The molecule has 0 unspecified atom stereocenters. The fourth-order valence-corrected chi connectivity index (χ4v) is 3.27. The Bertz CT molecular complexity index is 780. The SMILES string of the molecule is O=C(CN1CCOCC1)C1=CC=C2C(=Cc3ccccc32)C1=O. The molecule has 4 heteroatoms. The van der Waals surface area contributed by atoms with E-state index >= 15 is 0 Å². The van der Waals surface area contributed by atoms with Crippen molar-refractivity contribution >= 4 is 23.2 Å². The second-order valence-electron chi connectivity index (χ2n) is 5.95. The highest BCUT2D eigenvalue weighted by Gasteiger charge is 2.31. The summed E-state index contributed by atoms with van der Waals surface area (Å²) in [6, 6.07) is 7.91. The van der Waals surface area contributed by atoms with E-state index in [-0.39, 0.29) is 18.1 Å². The molecule has 1 aromatic rings. The topological polar surface area (TPSA) is 46.6 Å². The number of nitrogens with zero attached hydrogens (tertiary/aromatic N) is 1. The first-order valence-electron chi connectivity index (χ1n) is 7.85. The maximum Gasteiger partial charge on any atom is 0.197 e. The summed E-state index contributed by atoms with van der Waals surface area (Å²) in [7, 11) is 0. The molecular weight excluding hydrogens is 290 g/mol. The van der Waals surface area contributed by atoms with Gasteiger partial charge in [0.1, 0.15) is 0 Å². The van der Waals surface area contributed by atoms with Crippen molar-refractivity contribution in [1.82, 2.24) is 4.90 Å². The van der Waals surface area contributed by atoms with Gasteiger partial charge in [-0.1, -0.05) is 30.3 Å². The van der Waals surface area contributed by atoms with Crippen LogP contribution in [0.3, 0.4) is 0 Å². The van der Waals surface area contributed by atoms with Crippen LogP contribution in [0.15, 0.2) is 47.6 Å². The van der Waals surface area contributed by atoms with Crippen molar-refractivity contribution in [3.63, 3.8) is 0 Å². The minimum absolute atomic E-state index is 0.107. The van der Waals surface area contributed by atoms with Crippen LogP contribution in [0.2, 0.25) is 0 Å². The van der Waals surface area contributed by atoms with Gasteiger partial charge < -0.3 is 4.74 Å². The van der Waals surface area contributed by atoms with Crippen molar-refractivity contribution in [3.05, 3.63) is 58.7 Å². The molecule has 23 heavy (non-hydrogen) atoms. The van der Waals surface area contributed by atoms with Crippen LogP contribution < -0.4 is 0 Å². The lowest BCUT2D eigenvalue weighted by atomic mass is 9.89. The van der Waals surface area contributed by atoms with Gasteiger partial charge in [0.25, 0.3) is 0 Å². The molecule has 0 bridgehead atoms. The number of benzene rings is 1. The number of allylic oxidation sites excluding steroid dienone is 4. The molecule has 0 spiro atoms. The lowest BCUT2D eigenvalue weighted by Gasteiger charge is -2.26.